The molecule has 1 aromatic rings. The minimum absolute atomic E-state index is 0.0730. The third kappa shape index (κ3) is 2.94. The van der Waals surface area contributed by atoms with Gasteiger partial charge in [-0.15, -0.1) is 0 Å². The molecule has 0 saturated carbocycles. The van der Waals surface area contributed by atoms with E-state index in [1.165, 1.54) is 23.1 Å². The molecule has 1 heterocycles. The number of benzene rings is 1. The first-order valence-corrected chi connectivity index (χ1v) is 7.00. The Kier molecular flexibility index (Phi) is 4.35. The molecule has 6 nitrogen and oxygen atoms in total. The maximum Gasteiger partial charge on any atom is 0.326 e. The van der Waals surface area contributed by atoms with Crippen molar-refractivity contribution in [2.75, 3.05) is 6.54 Å². The molecule has 0 bridgehead atoms. The molecule has 0 aliphatic carbocycles. The van der Waals surface area contributed by atoms with Crippen molar-refractivity contribution in [2.45, 2.75) is 32.2 Å². The predicted molar refractivity (Wildman–Crippen MR) is 75.2 cm³/mol. The average molecular weight is 293 g/mol. The largest absolute Gasteiger partial charge is 0.504 e. The highest BCUT2D eigenvalue weighted by molar-refractivity contribution is 5.99. The van der Waals surface area contributed by atoms with Gasteiger partial charge in [0.2, 0.25) is 0 Å². The first kappa shape index (κ1) is 15.2. The quantitative estimate of drug-likeness (QED) is 0.738. The van der Waals surface area contributed by atoms with Crippen LogP contribution in [0.2, 0.25) is 0 Å². The van der Waals surface area contributed by atoms with E-state index in [4.69, 9.17) is 0 Å². The van der Waals surface area contributed by atoms with Crippen molar-refractivity contribution in [1.82, 2.24) is 4.90 Å². The van der Waals surface area contributed by atoms with Crippen LogP contribution in [0.4, 0.5) is 0 Å². The van der Waals surface area contributed by atoms with Gasteiger partial charge in [-0.2, -0.15) is 0 Å². The second-order valence-electron chi connectivity index (χ2n) is 5.32. The molecular weight excluding hydrogens is 274 g/mol. The van der Waals surface area contributed by atoms with Gasteiger partial charge in [0.15, 0.2) is 11.5 Å². The molecule has 2 rings (SSSR count). The Morgan fingerprint density at radius 2 is 2.05 bits per heavy atom. The van der Waals surface area contributed by atoms with Crippen molar-refractivity contribution in [3.05, 3.63) is 23.8 Å². The van der Waals surface area contributed by atoms with Crippen LogP contribution in [0.1, 0.15) is 36.5 Å². The Morgan fingerprint density at radius 1 is 1.33 bits per heavy atom. The Labute approximate surface area is 122 Å². The second-order valence-corrected chi connectivity index (χ2v) is 5.32. The molecule has 1 aliphatic heterocycles. The lowest BCUT2D eigenvalue weighted by atomic mass is 9.88. The van der Waals surface area contributed by atoms with E-state index in [1.54, 1.807) is 0 Å². The zero-order valence-corrected chi connectivity index (χ0v) is 11.8. The van der Waals surface area contributed by atoms with Gasteiger partial charge in [-0.25, -0.2) is 4.79 Å². The van der Waals surface area contributed by atoms with E-state index in [-0.39, 0.29) is 11.5 Å². The number of carbonyl (C=O) groups is 2. The SMILES string of the molecule is CCC1CCN(C(=O)c2cccc(O)c2O)C(C(=O)O)C1. The van der Waals surface area contributed by atoms with E-state index in [1.807, 2.05) is 6.92 Å². The lowest BCUT2D eigenvalue weighted by molar-refractivity contribution is -0.144. The van der Waals surface area contributed by atoms with Crippen LogP contribution in [-0.2, 0) is 4.79 Å². The topological polar surface area (TPSA) is 98.1 Å². The molecule has 21 heavy (non-hydrogen) atoms. The molecule has 1 aromatic carbocycles. The molecule has 2 atom stereocenters. The van der Waals surface area contributed by atoms with Crippen molar-refractivity contribution in [3.8, 4) is 11.5 Å². The van der Waals surface area contributed by atoms with Crippen LogP contribution in [0.15, 0.2) is 18.2 Å². The second kappa shape index (κ2) is 6.03. The van der Waals surface area contributed by atoms with E-state index in [0.29, 0.717) is 13.0 Å². The fourth-order valence-electron chi connectivity index (χ4n) is 2.74. The molecule has 114 valence electrons. The summed E-state index contributed by atoms with van der Waals surface area (Å²) >= 11 is 0. The minimum Gasteiger partial charge on any atom is -0.504 e. The predicted octanol–water partition coefficient (Wildman–Crippen LogP) is 1.81. The van der Waals surface area contributed by atoms with Crippen molar-refractivity contribution in [1.29, 1.82) is 0 Å². The molecular formula is C15H19NO5. The highest BCUT2D eigenvalue weighted by Gasteiger charge is 2.36. The molecule has 1 saturated heterocycles. The summed E-state index contributed by atoms with van der Waals surface area (Å²) < 4.78 is 0. The fourth-order valence-corrected chi connectivity index (χ4v) is 2.74. The third-order valence-electron chi connectivity index (χ3n) is 4.08. The van der Waals surface area contributed by atoms with Crippen LogP contribution >= 0.6 is 0 Å². The molecule has 0 aromatic heterocycles. The van der Waals surface area contributed by atoms with Crippen LogP contribution < -0.4 is 0 Å². The van der Waals surface area contributed by atoms with Gasteiger partial charge in [0.1, 0.15) is 6.04 Å². The zero-order chi connectivity index (χ0) is 15.6. The molecule has 1 fully saturated rings. The number of aromatic hydroxyl groups is 2. The number of likely N-dealkylation sites (tertiary alicyclic amines) is 1. The molecule has 0 radical (unpaired) electrons. The lowest BCUT2D eigenvalue weighted by Gasteiger charge is -2.37. The molecule has 2 unspecified atom stereocenters. The fraction of sp³-hybridized carbons (Fsp3) is 0.467. The van der Waals surface area contributed by atoms with Crippen molar-refractivity contribution < 1.29 is 24.9 Å². The number of aliphatic carboxylic acids is 1. The van der Waals surface area contributed by atoms with Crippen LogP contribution in [0, 0.1) is 5.92 Å². The highest BCUT2D eigenvalue weighted by atomic mass is 16.4. The number of rotatable bonds is 3. The maximum atomic E-state index is 12.5. The van der Waals surface area contributed by atoms with Crippen LogP contribution in [-0.4, -0.2) is 44.7 Å². The summed E-state index contributed by atoms with van der Waals surface area (Å²) in [7, 11) is 0. The number of para-hydroxylation sites is 1. The first-order valence-electron chi connectivity index (χ1n) is 7.00. The number of phenols is 2. The van der Waals surface area contributed by atoms with Gasteiger partial charge in [-0.1, -0.05) is 19.4 Å². The van der Waals surface area contributed by atoms with Gasteiger partial charge in [0.05, 0.1) is 5.56 Å². The van der Waals surface area contributed by atoms with E-state index < -0.39 is 29.4 Å². The Morgan fingerprint density at radius 3 is 2.67 bits per heavy atom. The molecule has 1 amide bonds. The van der Waals surface area contributed by atoms with Gasteiger partial charge >= 0.3 is 5.97 Å². The summed E-state index contributed by atoms with van der Waals surface area (Å²) in [4.78, 5) is 25.1. The zero-order valence-electron chi connectivity index (χ0n) is 11.8. The van der Waals surface area contributed by atoms with Gasteiger partial charge < -0.3 is 20.2 Å². The Balaban J connectivity index is 2.28. The minimum atomic E-state index is -1.04. The number of nitrogens with zero attached hydrogens (tertiary/aromatic N) is 1. The molecule has 0 spiro atoms. The number of carboxylic acid groups (broad SMARTS) is 1. The number of amides is 1. The van der Waals surface area contributed by atoms with E-state index in [2.05, 4.69) is 0 Å². The molecule has 3 N–H and O–H groups in total. The maximum absolute atomic E-state index is 12.5. The number of hydrogen-bond acceptors (Lipinski definition) is 4. The summed E-state index contributed by atoms with van der Waals surface area (Å²) in [5.74, 6) is -2.22. The van der Waals surface area contributed by atoms with Crippen molar-refractivity contribution in [3.63, 3.8) is 0 Å². The standard InChI is InChI=1S/C15H19NO5/c1-2-9-6-7-16(11(8-9)15(20)21)14(19)10-4-3-5-12(17)13(10)18/h3-5,9,11,17-18H,2,6-8H2,1H3,(H,20,21). The summed E-state index contributed by atoms with van der Waals surface area (Å²) in [6, 6.07) is 3.20. The third-order valence-corrected chi connectivity index (χ3v) is 4.08. The van der Waals surface area contributed by atoms with Crippen LogP contribution in [0.3, 0.4) is 0 Å². The Bertz CT molecular complexity index is 557. The van der Waals surface area contributed by atoms with Crippen molar-refractivity contribution in [2.24, 2.45) is 5.92 Å². The van der Waals surface area contributed by atoms with Gasteiger partial charge in [-0.3, -0.25) is 4.79 Å². The van der Waals surface area contributed by atoms with Gasteiger partial charge in [0.25, 0.3) is 5.91 Å². The summed E-state index contributed by atoms with van der Waals surface area (Å²) in [5, 5.41) is 28.6. The molecule has 1 aliphatic rings. The average Bonchev–Trinajstić information content (AvgIpc) is 2.48. The number of carbonyl (C=O) groups excluding carboxylic acids is 1. The van der Waals surface area contributed by atoms with Crippen LogP contribution in [0.25, 0.3) is 0 Å². The van der Waals surface area contributed by atoms with E-state index in [0.717, 1.165) is 12.8 Å². The number of carboxylic acids is 1. The summed E-state index contributed by atoms with van der Waals surface area (Å²) in [5.41, 5.74) is -0.0730. The molecule has 6 heteroatoms. The number of hydrogen-bond donors (Lipinski definition) is 3. The highest BCUT2D eigenvalue weighted by Crippen LogP contribution is 2.32. The number of piperidine rings is 1. The first-order chi connectivity index (χ1) is 9.95. The summed E-state index contributed by atoms with van der Waals surface area (Å²) in [6.07, 6.45) is 2.03. The number of phenolic OH excluding ortho intramolecular Hbond substituents is 2. The monoisotopic (exact) mass is 293 g/mol. The smallest absolute Gasteiger partial charge is 0.326 e. The summed E-state index contributed by atoms with van der Waals surface area (Å²) in [6.45, 7) is 2.34. The Hall–Kier alpha value is -2.24. The van der Waals surface area contributed by atoms with E-state index >= 15 is 0 Å². The van der Waals surface area contributed by atoms with Crippen molar-refractivity contribution >= 4 is 11.9 Å². The normalized spacial score (nSPS) is 22.0. The van der Waals surface area contributed by atoms with Crippen LogP contribution in [0.5, 0.6) is 11.5 Å². The lowest BCUT2D eigenvalue weighted by Crippen LogP contribution is -2.50. The van der Waals surface area contributed by atoms with Gasteiger partial charge in [0, 0.05) is 6.54 Å². The van der Waals surface area contributed by atoms with Gasteiger partial charge in [-0.05, 0) is 30.9 Å². The van der Waals surface area contributed by atoms with E-state index in [9.17, 15) is 24.9 Å².